The van der Waals surface area contributed by atoms with Crippen molar-refractivity contribution in [2.75, 3.05) is 13.3 Å². The van der Waals surface area contributed by atoms with E-state index in [-0.39, 0.29) is 12.6 Å². The summed E-state index contributed by atoms with van der Waals surface area (Å²) in [4.78, 5) is 8.72. The van der Waals surface area contributed by atoms with Gasteiger partial charge in [-0.3, -0.25) is 0 Å². The van der Waals surface area contributed by atoms with E-state index in [0.717, 1.165) is 35.0 Å². The summed E-state index contributed by atoms with van der Waals surface area (Å²) in [5, 5.41) is 6.50. The molecular formula is C22H24FN5O2. The number of aryl methyl sites for hydroxylation is 1. The Morgan fingerprint density at radius 2 is 1.97 bits per heavy atom. The van der Waals surface area contributed by atoms with E-state index in [0.29, 0.717) is 24.7 Å². The molecule has 0 aliphatic carbocycles. The summed E-state index contributed by atoms with van der Waals surface area (Å²) in [5.41, 5.74) is 2.32. The van der Waals surface area contributed by atoms with Gasteiger partial charge in [0, 0.05) is 25.5 Å². The normalized spacial score (nSPS) is 12.8. The van der Waals surface area contributed by atoms with Crippen molar-refractivity contribution in [1.29, 1.82) is 0 Å². The predicted octanol–water partition coefficient (Wildman–Crippen LogP) is 3.30. The van der Waals surface area contributed by atoms with Gasteiger partial charge in [0.25, 0.3) is 0 Å². The fraction of sp³-hybridized carbons (Fsp3) is 0.273. The molecule has 30 heavy (non-hydrogen) atoms. The topological polar surface area (TPSA) is 72.7 Å². The molecule has 0 atom stereocenters. The van der Waals surface area contributed by atoms with Crippen LogP contribution in [0.3, 0.4) is 0 Å². The molecule has 0 saturated carbocycles. The zero-order chi connectivity index (χ0) is 20.9. The van der Waals surface area contributed by atoms with Crippen LogP contribution in [0.4, 0.5) is 4.39 Å². The minimum atomic E-state index is -0.304. The van der Waals surface area contributed by atoms with Crippen LogP contribution in [0.5, 0.6) is 11.5 Å². The maximum absolute atomic E-state index is 14.6. The van der Waals surface area contributed by atoms with Crippen LogP contribution in [-0.4, -0.2) is 28.8 Å². The van der Waals surface area contributed by atoms with E-state index in [1.54, 1.807) is 23.0 Å². The molecule has 0 unspecified atom stereocenters. The van der Waals surface area contributed by atoms with Gasteiger partial charge in [-0.25, -0.2) is 14.4 Å². The first-order valence-electron chi connectivity index (χ1n) is 9.83. The SMILES string of the molecule is CCNC(=NCc1ccc(-n2ccnc2C)c(F)c1)NCc1ccc2c(c1)OCO2. The minimum absolute atomic E-state index is 0.256. The van der Waals surface area contributed by atoms with Gasteiger partial charge in [-0.05, 0) is 49.2 Å². The number of hydrogen-bond donors (Lipinski definition) is 2. The fourth-order valence-electron chi connectivity index (χ4n) is 3.23. The molecule has 2 N–H and O–H groups in total. The van der Waals surface area contributed by atoms with Crippen LogP contribution in [0, 0.1) is 12.7 Å². The summed E-state index contributed by atoms with van der Waals surface area (Å²) in [7, 11) is 0. The number of aromatic nitrogens is 2. The average molecular weight is 409 g/mol. The summed E-state index contributed by atoms with van der Waals surface area (Å²) < 4.78 is 27.1. The van der Waals surface area contributed by atoms with Gasteiger partial charge in [-0.15, -0.1) is 0 Å². The Balaban J connectivity index is 1.42. The van der Waals surface area contributed by atoms with Crippen molar-refractivity contribution >= 4 is 5.96 Å². The lowest BCUT2D eigenvalue weighted by Gasteiger charge is -2.12. The number of imidazole rings is 1. The molecule has 1 aliphatic heterocycles. The Labute approximate surface area is 174 Å². The average Bonchev–Trinajstić information content (AvgIpc) is 3.38. The summed E-state index contributed by atoms with van der Waals surface area (Å²) in [6.07, 6.45) is 3.40. The first kappa shape index (κ1) is 19.8. The van der Waals surface area contributed by atoms with E-state index in [1.807, 2.05) is 38.1 Å². The highest BCUT2D eigenvalue weighted by atomic mass is 19.1. The Kier molecular flexibility index (Phi) is 5.83. The van der Waals surface area contributed by atoms with Crippen LogP contribution < -0.4 is 20.1 Å². The predicted molar refractivity (Wildman–Crippen MR) is 112 cm³/mol. The van der Waals surface area contributed by atoms with Gasteiger partial charge in [0.05, 0.1) is 12.2 Å². The van der Waals surface area contributed by atoms with Gasteiger partial charge in [-0.2, -0.15) is 0 Å². The molecule has 8 heteroatoms. The number of hydrogen-bond acceptors (Lipinski definition) is 4. The first-order chi connectivity index (χ1) is 14.6. The third-order valence-corrected chi connectivity index (χ3v) is 4.76. The monoisotopic (exact) mass is 409 g/mol. The Morgan fingerprint density at radius 3 is 2.73 bits per heavy atom. The maximum atomic E-state index is 14.6. The summed E-state index contributed by atoms with van der Waals surface area (Å²) >= 11 is 0. The Bertz CT molecular complexity index is 1060. The molecule has 7 nitrogen and oxygen atoms in total. The second-order valence-corrected chi connectivity index (χ2v) is 6.87. The zero-order valence-electron chi connectivity index (χ0n) is 17.0. The second-order valence-electron chi connectivity index (χ2n) is 6.87. The van der Waals surface area contributed by atoms with E-state index < -0.39 is 0 Å². The van der Waals surface area contributed by atoms with Crippen LogP contribution in [-0.2, 0) is 13.1 Å². The summed E-state index contributed by atoms with van der Waals surface area (Å²) in [5.74, 6) is 2.60. The van der Waals surface area contributed by atoms with Gasteiger partial charge < -0.3 is 24.7 Å². The van der Waals surface area contributed by atoms with Crippen LogP contribution >= 0.6 is 0 Å². The van der Waals surface area contributed by atoms with Crippen LogP contribution in [0.15, 0.2) is 53.8 Å². The lowest BCUT2D eigenvalue weighted by molar-refractivity contribution is 0.174. The van der Waals surface area contributed by atoms with Crippen molar-refractivity contribution in [1.82, 2.24) is 20.2 Å². The number of nitrogens with zero attached hydrogens (tertiary/aromatic N) is 3. The third kappa shape index (κ3) is 4.37. The molecule has 156 valence electrons. The molecule has 0 radical (unpaired) electrons. The number of ether oxygens (including phenoxy) is 2. The molecule has 0 amide bonds. The van der Waals surface area contributed by atoms with E-state index in [9.17, 15) is 4.39 Å². The van der Waals surface area contributed by atoms with Crippen molar-refractivity contribution in [3.05, 3.63) is 71.6 Å². The van der Waals surface area contributed by atoms with Crippen LogP contribution in [0.2, 0.25) is 0 Å². The van der Waals surface area contributed by atoms with Gasteiger partial charge >= 0.3 is 0 Å². The first-order valence-corrected chi connectivity index (χ1v) is 9.83. The van der Waals surface area contributed by atoms with Crippen LogP contribution in [0.1, 0.15) is 23.9 Å². The van der Waals surface area contributed by atoms with Crippen molar-refractivity contribution in [2.24, 2.45) is 4.99 Å². The lowest BCUT2D eigenvalue weighted by atomic mass is 10.2. The Hall–Kier alpha value is -3.55. The molecule has 4 rings (SSSR count). The number of rotatable bonds is 6. The van der Waals surface area contributed by atoms with Gasteiger partial charge in [0.2, 0.25) is 6.79 Å². The molecule has 1 aliphatic rings. The van der Waals surface area contributed by atoms with E-state index in [4.69, 9.17) is 9.47 Å². The quantitative estimate of drug-likeness (QED) is 0.483. The maximum Gasteiger partial charge on any atom is 0.231 e. The molecule has 2 heterocycles. The van der Waals surface area contributed by atoms with Crippen molar-refractivity contribution in [2.45, 2.75) is 26.9 Å². The molecule has 2 aromatic carbocycles. The summed E-state index contributed by atoms with van der Waals surface area (Å²) in [6, 6.07) is 11.0. The molecule has 3 aromatic rings. The standard InChI is InChI=1S/C22H24FN5O2/c1-3-24-22(27-13-17-5-7-20-21(11-17)30-14-29-20)26-12-16-4-6-19(18(23)10-16)28-9-8-25-15(28)2/h4-11H,3,12-14H2,1-2H3,(H2,24,26,27). The van der Waals surface area contributed by atoms with Crippen LogP contribution in [0.25, 0.3) is 5.69 Å². The molecule has 0 bridgehead atoms. The number of nitrogens with one attached hydrogen (secondary N) is 2. The highest BCUT2D eigenvalue weighted by Gasteiger charge is 2.13. The zero-order valence-corrected chi connectivity index (χ0v) is 17.0. The highest BCUT2D eigenvalue weighted by Crippen LogP contribution is 2.32. The number of guanidine groups is 1. The van der Waals surface area contributed by atoms with Crippen molar-refractivity contribution in [3.8, 4) is 17.2 Å². The van der Waals surface area contributed by atoms with Crippen molar-refractivity contribution in [3.63, 3.8) is 0 Å². The number of halogens is 1. The Morgan fingerprint density at radius 1 is 1.13 bits per heavy atom. The fourth-order valence-corrected chi connectivity index (χ4v) is 3.23. The minimum Gasteiger partial charge on any atom is -0.454 e. The molecular weight excluding hydrogens is 385 g/mol. The molecule has 1 aromatic heterocycles. The van der Waals surface area contributed by atoms with E-state index in [2.05, 4.69) is 20.6 Å². The molecule has 0 spiro atoms. The van der Waals surface area contributed by atoms with Gasteiger partial charge in [-0.1, -0.05) is 12.1 Å². The van der Waals surface area contributed by atoms with Gasteiger partial charge in [0.15, 0.2) is 17.5 Å². The van der Waals surface area contributed by atoms with Gasteiger partial charge in [0.1, 0.15) is 11.6 Å². The second kappa shape index (κ2) is 8.86. The molecule has 0 saturated heterocycles. The lowest BCUT2D eigenvalue weighted by Crippen LogP contribution is -2.36. The number of aliphatic imine (C=N–C) groups is 1. The number of benzene rings is 2. The third-order valence-electron chi connectivity index (χ3n) is 4.76. The highest BCUT2D eigenvalue weighted by molar-refractivity contribution is 5.79. The molecule has 0 fully saturated rings. The smallest absolute Gasteiger partial charge is 0.231 e. The van der Waals surface area contributed by atoms with E-state index >= 15 is 0 Å². The largest absolute Gasteiger partial charge is 0.454 e. The summed E-state index contributed by atoms with van der Waals surface area (Å²) in [6.45, 7) is 5.75. The van der Waals surface area contributed by atoms with Crippen molar-refractivity contribution < 1.29 is 13.9 Å². The van der Waals surface area contributed by atoms with E-state index in [1.165, 1.54) is 6.07 Å². The number of fused-ring (bicyclic) bond motifs is 1.